The first kappa shape index (κ1) is 17.9. The van der Waals surface area contributed by atoms with E-state index in [1.54, 1.807) is 16.4 Å². The second-order valence-corrected chi connectivity index (χ2v) is 8.65. The van der Waals surface area contributed by atoms with E-state index in [2.05, 4.69) is 0 Å². The third-order valence-corrected chi connectivity index (χ3v) is 7.05. The van der Waals surface area contributed by atoms with Gasteiger partial charge >= 0.3 is 0 Å². The van der Waals surface area contributed by atoms with Gasteiger partial charge in [-0.05, 0) is 44.0 Å². The number of hydrogen-bond donors (Lipinski definition) is 1. The fourth-order valence-electron chi connectivity index (χ4n) is 3.51. The van der Waals surface area contributed by atoms with Gasteiger partial charge in [-0.15, -0.1) is 0 Å². The lowest BCUT2D eigenvalue weighted by atomic mass is 10.1. The molecule has 0 bridgehead atoms. The Labute approximate surface area is 147 Å². The maximum Gasteiger partial charge on any atom is 0.243 e. The van der Waals surface area contributed by atoms with Crippen LogP contribution in [0, 0.1) is 5.92 Å². The molecule has 0 radical (unpaired) electrons. The zero-order valence-electron chi connectivity index (χ0n) is 14.2. The van der Waals surface area contributed by atoms with Crippen molar-refractivity contribution in [1.29, 1.82) is 0 Å². The summed E-state index contributed by atoms with van der Waals surface area (Å²) < 4.78 is 27.2. The maximum absolute atomic E-state index is 12.8. The zero-order valence-corrected chi connectivity index (χ0v) is 15.0. The molecule has 3 rings (SSSR count). The molecule has 8 heteroatoms. The highest BCUT2D eigenvalue weighted by molar-refractivity contribution is 7.89. The maximum atomic E-state index is 12.8. The number of nitrogens with zero attached hydrogens (tertiary/aromatic N) is 2. The summed E-state index contributed by atoms with van der Waals surface area (Å²) in [5.41, 5.74) is 5.86. The van der Waals surface area contributed by atoms with E-state index in [0.717, 1.165) is 19.3 Å². The normalized spacial score (nSPS) is 25.3. The van der Waals surface area contributed by atoms with Gasteiger partial charge in [-0.3, -0.25) is 9.59 Å². The van der Waals surface area contributed by atoms with E-state index < -0.39 is 21.8 Å². The minimum atomic E-state index is -3.53. The molecule has 25 heavy (non-hydrogen) atoms. The van der Waals surface area contributed by atoms with Gasteiger partial charge in [0.2, 0.25) is 21.8 Å². The SMILES string of the molecule is C[C@H]1CCCCN1S(=O)(=O)c1ccc(N2C[C@@H](C(N)=O)CC2=O)cc1. The van der Waals surface area contributed by atoms with Crippen molar-refractivity contribution in [2.45, 2.75) is 43.5 Å². The summed E-state index contributed by atoms with van der Waals surface area (Å²) in [6, 6.07) is 6.27. The van der Waals surface area contributed by atoms with E-state index in [1.807, 2.05) is 6.92 Å². The molecule has 136 valence electrons. The van der Waals surface area contributed by atoms with Crippen molar-refractivity contribution in [2.24, 2.45) is 11.7 Å². The highest BCUT2D eigenvalue weighted by Crippen LogP contribution is 2.29. The molecule has 2 aliphatic rings. The molecule has 2 N–H and O–H groups in total. The van der Waals surface area contributed by atoms with Gasteiger partial charge in [-0.1, -0.05) is 6.42 Å². The molecule has 0 aliphatic carbocycles. The molecule has 2 saturated heterocycles. The van der Waals surface area contributed by atoms with Crippen molar-refractivity contribution in [1.82, 2.24) is 4.31 Å². The van der Waals surface area contributed by atoms with Gasteiger partial charge in [-0.2, -0.15) is 4.31 Å². The van der Waals surface area contributed by atoms with Crippen LogP contribution in [0.5, 0.6) is 0 Å². The van der Waals surface area contributed by atoms with Gasteiger partial charge in [0.15, 0.2) is 0 Å². The predicted octanol–water partition coefficient (Wildman–Crippen LogP) is 1.09. The van der Waals surface area contributed by atoms with Gasteiger partial charge in [0.05, 0.1) is 10.8 Å². The lowest BCUT2D eigenvalue weighted by molar-refractivity contribution is -0.123. The summed E-state index contributed by atoms with van der Waals surface area (Å²) in [5, 5.41) is 0. The van der Waals surface area contributed by atoms with Gasteiger partial charge in [0.1, 0.15) is 0 Å². The highest BCUT2D eigenvalue weighted by Gasteiger charge is 2.35. The monoisotopic (exact) mass is 365 g/mol. The fraction of sp³-hybridized carbons (Fsp3) is 0.529. The van der Waals surface area contributed by atoms with Gasteiger partial charge < -0.3 is 10.6 Å². The summed E-state index contributed by atoms with van der Waals surface area (Å²) >= 11 is 0. The number of anilines is 1. The Morgan fingerprint density at radius 3 is 2.44 bits per heavy atom. The molecule has 0 aromatic heterocycles. The van der Waals surface area contributed by atoms with Crippen LogP contribution in [0.15, 0.2) is 29.2 Å². The van der Waals surface area contributed by atoms with E-state index in [-0.39, 0.29) is 29.8 Å². The third kappa shape index (κ3) is 3.41. The molecule has 2 amide bonds. The molecular weight excluding hydrogens is 342 g/mol. The summed E-state index contributed by atoms with van der Waals surface area (Å²) in [4.78, 5) is 25.0. The Morgan fingerprint density at radius 2 is 1.88 bits per heavy atom. The average Bonchev–Trinajstić information content (AvgIpc) is 2.97. The van der Waals surface area contributed by atoms with Crippen molar-refractivity contribution in [3.05, 3.63) is 24.3 Å². The summed E-state index contributed by atoms with van der Waals surface area (Å²) in [5.74, 6) is -1.16. The molecule has 7 nitrogen and oxygen atoms in total. The number of benzene rings is 1. The molecule has 2 atom stereocenters. The highest BCUT2D eigenvalue weighted by atomic mass is 32.2. The number of carbonyl (C=O) groups excluding carboxylic acids is 2. The molecule has 2 heterocycles. The van der Waals surface area contributed by atoms with Crippen LogP contribution in [0.3, 0.4) is 0 Å². The lowest BCUT2D eigenvalue weighted by Gasteiger charge is -2.32. The van der Waals surface area contributed by atoms with Crippen LogP contribution in [0.25, 0.3) is 0 Å². The molecule has 2 fully saturated rings. The molecule has 2 aliphatic heterocycles. The number of piperidine rings is 1. The van der Waals surface area contributed by atoms with Gasteiger partial charge in [-0.25, -0.2) is 8.42 Å². The van der Waals surface area contributed by atoms with Crippen molar-refractivity contribution in [3.8, 4) is 0 Å². The second-order valence-electron chi connectivity index (χ2n) is 6.76. The summed E-state index contributed by atoms with van der Waals surface area (Å²) in [7, 11) is -3.53. The van der Waals surface area contributed by atoms with E-state index in [1.165, 1.54) is 17.0 Å². The molecule has 1 aromatic rings. The number of rotatable bonds is 4. The minimum Gasteiger partial charge on any atom is -0.369 e. The van der Waals surface area contributed by atoms with E-state index in [4.69, 9.17) is 5.73 Å². The molecular formula is C17H23N3O4S. The van der Waals surface area contributed by atoms with Crippen LogP contribution in [0.1, 0.15) is 32.6 Å². The van der Waals surface area contributed by atoms with Crippen LogP contribution in [-0.4, -0.2) is 43.7 Å². The molecule has 0 spiro atoms. The quantitative estimate of drug-likeness (QED) is 0.863. The van der Waals surface area contributed by atoms with E-state index in [0.29, 0.717) is 12.2 Å². The zero-order chi connectivity index (χ0) is 18.2. The fourth-order valence-corrected chi connectivity index (χ4v) is 5.21. The largest absolute Gasteiger partial charge is 0.369 e. The molecule has 0 unspecified atom stereocenters. The van der Waals surface area contributed by atoms with Crippen LogP contribution in [0.4, 0.5) is 5.69 Å². The van der Waals surface area contributed by atoms with Crippen LogP contribution in [0.2, 0.25) is 0 Å². The third-order valence-electron chi connectivity index (χ3n) is 5.02. The Balaban J connectivity index is 1.80. The Hall–Kier alpha value is -1.93. The molecule has 1 aromatic carbocycles. The van der Waals surface area contributed by atoms with E-state index in [9.17, 15) is 18.0 Å². The van der Waals surface area contributed by atoms with Gasteiger partial charge in [0.25, 0.3) is 0 Å². The number of hydrogen-bond acceptors (Lipinski definition) is 4. The van der Waals surface area contributed by atoms with E-state index >= 15 is 0 Å². The Bertz CT molecular complexity index is 776. The van der Waals surface area contributed by atoms with Crippen LogP contribution in [-0.2, 0) is 19.6 Å². The first-order chi connectivity index (χ1) is 11.8. The van der Waals surface area contributed by atoms with Crippen molar-refractivity contribution < 1.29 is 18.0 Å². The number of carbonyl (C=O) groups is 2. The van der Waals surface area contributed by atoms with Crippen LogP contribution < -0.4 is 10.6 Å². The standard InChI is InChI=1S/C17H23N3O4S/c1-12-4-2-3-9-20(12)25(23,24)15-7-5-14(6-8-15)19-11-13(17(18)22)10-16(19)21/h5-8,12-13H,2-4,9-11H2,1H3,(H2,18,22)/t12-,13-/m0/s1. The Kier molecular flexibility index (Phi) is 4.83. The Morgan fingerprint density at radius 1 is 1.20 bits per heavy atom. The number of nitrogens with two attached hydrogens (primary N) is 1. The van der Waals surface area contributed by atoms with Crippen molar-refractivity contribution in [3.63, 3.8) is 0 Å². The minimum absolute atomic E-state index is 0.00471. The number of primary amides is 1. The predicted molar refractivity (Wildman–Crippen MR) is 93.3 cm³/mol. The topological polar surface area (TPSA) is 101 Å². The summed E-state index contributed by atoms with van der Waals surface area (Å²) in [6.07, 6.45) is 2.89. The smallest absolute Gasteiger partial charge is 0.243 e. The van der Waals surface area contributed by atoms with Gasteiger partial charge in [0, 0.05) is 31.2 Å². The first-order valence-corrected chi connectivity index (χ1v) is 9.96. The summed E-state index contributed by atoms with van der Waals surface area (Å²) in [6.45, 7) is 2.71. The molecule has 0 saturated carbocycles. The average molecular weight is 365 g/mol. The van der Waals surface area contributed by atoms with Crippen molar-refractivity contribution >= 4 is 27.5 Å². The number of sulfonamides is 1. The van der Waals surface area contributed by atoms with Crippen LogP contribution >= 0.6 is 0 Å². The lowest BCUT2D eigenvalue weighted by Crippen LogP contribution is -2.41. The first-order valence-electron chi connectivity index (χ1n) is 8.52. The second kappa shape index (κ2) is 6.76. The number of amides is 2. The van der Waals surface area contributed by atoms with Crippen molar-refractivity contribution in [2.75, 3.05) is 18.0 Å².